The molecule has 1 fully saturated rings. The summed E-state index contributed by atoms with van der Waals surface area (Å²) in [4.78, 5) is 0. The van der Waals surface area contributed by atoms with Gasteiger partial charge in [-0.15, -0.1) is 0 Å². The minimum Gasteiger partial charge on any atom is -0.314 e. The largest absolute Gasteiger partial charge is 0.314 e. The Labute approximate surface area is 134 Å². The lowest BCUT2D eigenvalue weighted by Gasteiger charge is -2.22. The fraction of sp³-hybridized carbons (Fsp3) is 0.824. The van der Waals surface area contributed by atoms with Crippen molar-refractivity contribution >= 4 is 11.8 Å². The molecular weight excluding hydrogens is 278 g/mol. The SMILES string of the molecule is CCCNC(CCSC)Cc1ccn(C2CCCCC2)n1. The molecule has 21 heavy (non-hydrogen) atoms. The molecule has 1 unspecified atom stereocenters. The fourth-order valence-corrected chi connectivity index (χ4v) is 3.69. The molecule has 1 aromatic heterocycles. The van der Waals surface area contributed by atoms with E-state index in [0.717, 1.165) is 13.0 Å². The molecule has 4 heteroatoms. The van der Waals surface area contributed by atoms with Gasteiger partial charge in [-0.3, -0.25) is 4.68 Å². The summed E-state index contributed by atoms with van der Waals surface area (Å²) >= 11 is 1.94. The zero-order chi connectivity index (χ0) is 14.9. The van der Waals surface area contributed by atoms with E-state index < -0.39 is 0 Å². The average molecular weight is 310 g/mol. The van der Waals surface area contributed by atoms with Crippen LogP contribution in [0.5, 0.6) is 0 Å². The van der Waals surface area contributed by atoms with Crippen LogP contribution in [0.3, 0.4) is 0 Å². The van der Waals surface area contributed by atoms with Gasteiger partial charge in [-0.1, -0.05) is 26.2 Å². The van der Waals surface area contributed by atoms with E-state index in [9.17, 15) is 0 Å². The quantitative estimate of drug-likeness (QED) is 0.746. The molecule has 0 aromatic carbocycles. The molecule has 1 heterocycles. The summed E-state index contributed by atoms with van der Waals surface area (Å²) in [7, 11) is 0. The Bertz CT molecular complexity index is 377. The van der Waals surface area contributed by atoms with Gasteiger partial charge in [0.15, 0.2) is 0 Å². The van der Waals surface area contributed by atoms with E-state index in [1.807, 2.05) is 11.8 Å². The molecule has 0 saturated heterocycles. The molecule has 2 rings (SSSR count). The molecule has 1 aliphatic carbocycles. The maximum Gasteiger partial charge on any atom is 0.0640 e. The highest BCUT2D eigenvalue weighted by atomic mass is 32.2. The Hall–Kier alpha value is -0.480. The second-order valence-electron chi connectivity index (χ2n) is 6.22. The first-order chi connectivity index (χ1) is 10.3. The van der Waals surface area contributed by atoms with Gasteiger partial charge in [0.25, 0.3) is 0 Å². The third-order valence-electron chi connectivity index (χ3n) is 4.42. The summed E-state index contributed by atoms with van der Waals surface area (Å²) in [5.74, 6) is 1.23. The Kier molecular flexibility index (Phi) is 7.65. The third kappa shape index (κ3) is 5.67. The van der Waals surface area contributed by atoms with Crippen LogP contribution in [0.2, 0.25) is 0 Å². The van der Waals surface area contributed by atoms with Crippen molar-refractivity contribution in [1.29, 1.82) is 0 Å². The predicted molar refractivity (Wildman–Crippen MR) is 93.1 cm³/mol. The van der Waals surface area contributed by atoms with Crippen molar-refractivity contribution < 1.29 is 0 Å². The van der Waals surface area contributed by atoms with Crippen molar-refractivity contribution in [3.8, 4) is 0 Å². The summed E-state index contributed by atoms with van der Waals surface area (Å²) in [6, 6.07) is 3.46. The van der Waals surface area contributed by atoms with E-state index in [-0.39, 0.29) is 0 Å². The first-order valence-corrected chi connectivity index (χ1v) is 9.99. The molecule has 0 radical (unpaired) electrons. The molecule has 1 N–H and O–H groups in total. The minimum atomic E-state index is 0.576. The maximum atomic E-state index is 4.86. The van der Waals surface area contributed by atoms with Crippen molar-refractivity contribution in [2.45, 2.75) is 70.4 Å². The number of rotatable bonds is 9. The van der Waals surface area contributed by atoms with E-state index in [1.54, 1.807) is 0 Å². The van der Waals surface area contributed by atoms with Gasteiger partial charge in [0, 0.05) is 18.7 Å². The van der Waals surface area contributed by atoms with Crippen molar-refractivity contribution in [2.24, 2.45) is 0 Å². The van der Waals surface area contributed by atoms with E-state index in [2.05, 4.69) is 35.4 Å². The number of nitrogens with zero attached hydrogens (tertiary/aromatic N) is 2. The van der Waals surface area contributed by atoms with E-state index >= 15 is 0 Å². The monoisotopic (exact) mass is 309 g/mol. The van der Waals surface area contributed by atoms with E-state index in [0.29, 0.717) is 12.1 Å². The van der Waals surface area contributed by atoms with Gasteiger partial charge in [-0.2, -0.15) is 16.9 Å². The Morgan fingerprint density at radius 2 is 2.19 bits per heavy atom. The van der Waals surface area contributed by atoms with Crippen molar-refractivity contribution in [3.05, 3.63) is 18.0 Å². The van der Waals surface area contributed by atoms with Crippen LogP contribution in [-0.2, 0) is 6.42 Å². The van der Waals surface area contributed by atoms with Gasteiger partial charge in [0.05, 0.1) is 11.7 Å². The lowest BCUT2D eigenvalue weighted by Crippen LogP contribution is -2.32. The minimum absolute atomic E-state index is 0.576. The average Bonchev–Trinajstić information content (AvgIpc) is 2.99. The van der Waals surface area contributed by atoms with Crippen LogP contribution in [0.15, 0.2) is 12.3 Å². The Morgan fingerprint density at radius 3 is 2.90 bits per heavy atom. The fourth-order valence-electron chi connectivity index (χ4n) is 3.17. The van der Waals surface area contributed by atoms with Crippen LogP contribution >= 0.6 is 11.8 Å². The van der Waals surface area contributed by atoms with Crippen molar-refractivity contribution in [1.82, 2.24) is 15.1 Å². The van der Waals surface area contributed by atoms with Gasteiger partial charge >= 0.3 is 0 Å². The second-order valence-corrected chi connectivity index (χ2v) is 7.20. The molecule has 0 amide bonds. The molecule has 0 bridgehead atoms. The van der Waals surface area contributed by atoms with Crippen LogP contribution in [0.25, 0.3) is 0 Å². The standard InChI is InChI=1S/C17H31N3S/c1-3-11-18-15(10-13-21-2)14-16-9-12-20(19-16)17-7-5-4-6-8-17/h9,12,15,17-18H,3-8,10-11,13-14H2,1-2H3. The third-order valence-corrected chi connectivity index (χ3v) is 5.07. The van der Waals surface area contributed by atoms with Crippen LogP contribution in [-0.4, -0.2) is 34.4 Å². The molecule has 1 aliphatic rings. The molecule has 0 aliphatic heterocycles. The normalized spacial score (nSPS) is 18.0. The van der Waals surface area contributed by atoms with Crippen LogP contribution in [0.4, 0.5) is 0 Å². The Morgan fingerprint density at radius 1 is 1.38 bits per heavy atom. The van der Waals surface area contributed by atoms with Gasteiger partial charge in [0.2, 0.25) is 0 Å². The van der Waals surface area contributed by atoms with Gasteiger partial charge < -0.3 is 5.32 Å². The Balaban J connectivity index is 1.88. The zero-order valence-electron chi connectivity index (χ0n) is 13.7. The summed E-state index contributed by atoms with van der Waals surface area (Å²) < 4.78 is 2.24. The van der Waals surface area contributed by atoms with Crippen LogP contribution in [0.1, 0.15) is 63.6 Å². The molecule has 3 nitrogen and oxygen atoms in total. The summed E-state index contributed by atoms with van der Waals surface area (Å²) in [5.41, 5.74) is 1.26. The number of hydrogen-bond donors (Lipinski definition) is 1. The van der Waals surface area contributed by atoms with Gasteiger partial charge in [0.1, 0.15) is 0 Å². The molecule has 1 saturated carbocycles. The lowest BCUT2D eigenvalue weighted by molar-refractivity contribution is 0.327. The first-order valence-electron chi connectivity index (χ1n) is 8.59. The molecule has 0 spiro atoms. The second kappa shape index (κ2) is 9.52. The highest BCUT2D eigenvalue weighted by molar-refractivity contribution is 7.98. The van der Waals surface area contributed by atoms with Crippen LogP contribution < -0.4 is 5.32 Å². The number of hydrogen-bond acceptors (Lipinski definition) is 3. The zero-order valence-corrected chi connectivity index (χ0v) is 14.5. The van der Waals surface area contributed by atoms with E-state index in [4.69, 9.17) is 5.10 Å². The van der Waals surface area contributed by atoms with Crippen LogP contribution in [0, 0.1) is 0 Å². The smallest absolute Gasteiger partial charge is 0.0640 e. The first kappa shape index (κ1) is 16.9. The number of nitrogens with one attached hydrogen (secondary N) is 1. The lowest BCUT2D eigenvalue weighted by atomic mass is 9.96. The topological polar surface area (TPSA) is 29.9 Å². The molecule has 120 valence electrons. The number of thioether (sulfide) groups is 1. The molecular formula is C17H31N3S. The molecule has 1 aromatic rings. The highest BCUT2D eigenvalue weighted by Crippen LogP contribution is 2.27. The van der Waals surface area contributed by atoms with Gasteiger partial charge in [-0.25, -0.2) is 0 Å². The van der Waals surface area contributed by atoms with E-state index in [1.165, 1.54) is 56.4 Å². The highest BCUT2D eigenvalue weighted by Gasteiger charge is 2.17. The maximum absolute atomic E-state index is 4.86. The summed E-state index contributed by atoms with van der Waals surface area (Å²) in [5, 5.41) is 8.54. The van der Waals surface area contributed by atoms with Crippen molar-refractivity contribution in [2.75, 3.05) is 18.6 Å². The summed E-state index contributed by atoms with van der Waals surface area (Å²) in [6.07, 6.45) is 14.7. The molecule has 1 atom stereocenters. The number of aromatic nitrogens is 2. The van der Waals surface area contributed by atoms with Crippen molar-refractivity contribution in [3.63, 3.8) is 0 Å². The van der Waals surface area contributed by atoms with Gasteiger partial charge in [-0.05, 0) is 50.3 Å². The predicted octanol–water partition coefficient (Wildman–Crippen LogP) is 4.05. The summed E-state index contributed by atoms with van der Waals surface area (Å²) in [6.45, 7) is 3.35.